The average molecular weight is 226 g/mol. The van der Waals surface area contributed by atoms with Gasteiger partial charge in [0.2, 0.25) is 0 Å². The first-order chi connectivity index (χ1) is 7.27. The normalized spacial score (nSPS) is 16.5. The Hall–Kier alpha value is -0.860. The summed E-state index contributed by atoms with van der Waals surface area (Å²) in [6, 6.07) is 4.79. The van der Waals surface area contributed by atoms with E-state index >= 15 is 0 Å². The maximum atomic E-state index is 13.5. The van der Waals surface area contributed by atoms with Gasteiger partial charge in [-0.3, -0.25) is 0 Å². The highest BCUT2D eigenvalue weighted by Crippen LogP contribution is 2.24. The van der Waals surface area contributed by atoms with E-state index in [-0.39, 0.29) is 5.82 Å². The highest BCUT2D eigenvalue weighted by atomic mass is 35.5. The molecule has 15 heavy (non-hydrogen) atoms. The van der Waals surface area contributed by atoms with Gasteiger partial charge in [0.25, 0.3) is 0 Å². The molecule has 1 fully saturated rings. The van der Waals surface area contributed by atoms with Gasteiger partial charge in [0.15, 0.2) is 0 Å². The van der Waals surface area contributed by atoms with Crippen molar-refractivity contribution in [2.45, 2.75) is 12.8 Å². The van der Waals surface area contributed by atoms with Crippen molar-refractivity contribution in [3.8, 4) is 0 Å². The van der Waals surface area contributed by atoms with Crippen LogP contribution in [0.15, 0.2) is 23.8 Å². The minimum atomic E-state index is -0.242. The van der Waals surface area contributed by atoms with Crippen molar-refractivity contribution in [1.29, 1.82) is 0 Å². The molecule has 0 atom stereocenters. The lowest BCUT2D eigenvalue weighted by Gasteiger charge is -2.15. The molecule has 1 saturated heterocycles. The van der Waals surface area contributed by atoms with E-state index in [1.165, 1.54) is 11.6 Å². The van der Waals surface area contributed by atoms with E-state index in [1.54, 1.807) is 12.1 Å². The van der Waals surface area contributed by atoms with Crippen LogP contribution < -0.4 is 5.32 Å². The van der Waals surface area contributed by atoms with E-state index in [2.05, 4.69) is 5.32 Å². The molecule has 0 amide bonds. The largest absolute Gasteiger partial charge is 0.316 e. The van der Waals surface area contributed by atoms with Crippen molar-refractivity contribution in [1.82, 2.24) is 5.32 Å². The third-order valence-electron chi connectivity index (χ3n) is 2.59. The number of rotatable bonds is 1. The molecule has 80 valence electrons. The Morgan fingerprint density at radius 2 is 2.00 bits per heavy atom. The Bertz CT molecular complexity index is 359. The molecule has 1 aromatic rings. The maximum Gasteiger partial charge on any atom is 0.131 e. The van der Waals surface area contributed by atoms with Crippen LogP contribution in [0.25, 0.3) is 6.08 Å². The van der Waals surface area contributed by atoms with Crippen LogP contribution in [-0.4, -0.2) is 13.1 Å². The summed E-state index contributed by atoms with van der Waals surface area (Å²) in [4.78, 5) is 0. The van der Waals surface area contributed by atoms with Gasteiger partial charge in [-0.2, -0.15) is 0 Å². The lowest BCUT2D eigenvalue weighted by atomic mass is 10.0. The second kappa shape index (κ2) is 4.77. The van der Waals surface area contributed by atoms with Gasteiger partial charge in [-0.1, -0.05) is 29.3 Å². The molecule has 0 bridgehead atoms. The van der Waals surface area contributed by atoms with Crippen molar-refractivity contribution in [3.05, 3.63) is 40.2 Å². The van der Waals surface area contributed by atoms with Crippen LogP contribution in [0.3, 0.4) is 0 Å². The summed E-state index contributed by atoms with van der Waals surface area (Å²) in [7, 11) is 0. The lowest BCUT2D eigenvalue weighted by molar-refractivity contribution is 0.609. The van der Waals surface area contributed by atoms with E-state index in [9.17, 15) is 4.39 Å². The zero-order valence-electron chi connectivity index (χ0n) is 8.39. The fourth-order valence-corrected chi connectivity index (χ4v) is 1.96. The third kappa shape index (κ3) is 2.58. The zero-order valence-corrected chi connectivity index (χ0v) is 9.15. The first-order valence-corrected chi connectivity index (χ1v) is 5.49. The summed E-state index contributed by atoms with van der Waals surface area (Å²) in [6.45, 7) is 1.94. The van der Waals surface area contributed by atoms with Crippen LogP contribution in [-0.2, 0) is 0 Å². The maximum absolute atomic E-state index is 13.5. The number of hydrogen-bond acceptors (Lipinski definition) is 1. The highest BCUT2D eigenvalue weighted by molar-refractivity contribution is 6.32. The molecule has 1 N–H and O–H groups in total. The molecule has 2 rings (SSSR count). The summed E-state index contributed by atoms with van der Waals surface area (Å²) in [6.07, 6.45) is 3.84. The van der Waals surface area contributed by atoms with Crippen molar-refractivity contribution in [3.63, 3.8) is 0 Å². The molecule has 0 aliphatic carbocycles. The monoisotopic (exact) mass is 225 g/mol. The first kappa shape index (κ1) is 10.7. The Labute approximate surface area is 93.9 Å². The number of halogens is 2. The number of hydrogen-bond donors (Lipinski definition) is 1. The summed E-state index contributed by atoms with van der Waals surface area (Å²) in [5, 5.41) is 3.75. The van der Waals surface area contributed by atoms with E-state index in [0.717, 1.165) is 25.9 Å². The molecule has 0 unspecified atom stereocenters. The fraction of sp³-hybridized carbons (Fsp3) is 0.333. The predicted molar refractivity (Wildman–Crippen MR) is 61.5 cm³/mol. The number of benzene rings is 1. The molecule has 0 aromatic heterocycles. The molecule has 0 saturated carbocycles. The van der Waals surface area contributed by atoms with Gasteiger partial charge in [-0.15, -0.1) is 0 Å². The quantitative estimate of drug-likeness (QED) is 0.774. The van der Waals surface area contributed by atoms with Crippen LogP contribution in [0.5, 0.6) is 0 Å². The number of nitrogens with one attached hydrogen (secondary N) is 1. The van der Waals surface area contributed by atoms with Gasteiger partial charge in [0.05, 0.1) is 5.02 Å². The summed E-state index contributed by atoms with van der Waals surface area (Å²) in [5.74, 6) is -0.242. The van der Waals surface area contributed by atoms with Crippen LogP contribution >= 0.6 is 11.6 Å². The van der Waals surface area contributed by atoms with Gasteiger partial charge >= 0.3 is 0 Å². The Balaban J connectivity index is 2.29. The molecule has 1 nitrogen and oxygen atoms in total. The zero-order chi connectivity index (χ0) is 10.7. The minimum Gasteiger partial charge on any atom is -0.316 e. The van der Waals surface area contributed by atoms with Gasteiger partial charge in [-0.25, -0.2) is 4.39 Å². The average Bonchev–Trinajstić information content (AvgIpc) is 2.25. The molecular weight excluding hydrogens is 213 g/mol. The van der Waals surface area contributed by atoms with Gasteiger partial charge in [0, 0.05) is 5.56 Å². The van der Waals surface area contributed by atoms with Crippen LogP contribution in [0.4, 0.5) is 4.39 Å². The lowest BCUT2D eigenvalue weighted by Crippen LogP contribution is -2.22. The van der Waals surface area contributed by atoms with Crippen LogP contribution in [0.2, 0.25) is 5.02 Å². The van der Waals surface area contributed by atoms with Gasteiger partial charge in [-0.05, 0) is 38.1 Å². The standard InChI is InChI=1S/C12H13ClFN/c13-11-2-1-3-12(14)10(11)8-9-4-6-15-7-5-9/h1-3,8,15H,4-7H2. The molecule has 1 heterocycles. The van der Waals surface area contributed by atoms with E-state index in [0.29, 0.717) is 10.6 Å². The molecule has 1 aliphatic heterocycles. The van der Waals surface area contributed by atoms with Crippen molar-refractivity contribution in [2.75, 3.05) is 13.1 Å². The molecule has 3 heteroatoms. The molecule has 0 radical (unpaired) electrons. The summed E-state index contributed by atoms with van der Waals surface area (Å²) in [5.41, 5.74) is 1.79. The summed E-state index contributed by atoms with van der Waals surface area (Å²) < 4.78 is 13.5. The Morgan fingerprint density at radius 3 is 2.67 bits per heavy atom. The van der Waals surface area contributed by atoms with Crippen LogP contribution in [0.1, 0.15) is 18.4 Å². The van der Waals surface area contributed by atoms with E-state index < -0.39 is 0 Å². The van der Waals surface area contributed by atoms with Crippen molar-refractivity contribution >= 4 is 17.7 Å². The van der Waals surface area contributed by atoms with Crippen molar-refractivity contribution in [2.24, 2.45) is 0 Å². The molecule has 1 aliphatic rings. The SMILES string of the molecule is Fc1cccc(Cl)c1C=C1CCNCC1. The predicted octanol–water partition coefficient (Wildman–Crippen LogP) is 3.25. The van der Waals surface area contributed by atoms with Gasteiger partial charge in [0.1, 0.15) is 5.82 Å². The molecule has 0 spiro atoms. The molecule has 1 aromatic carbocycles. The first-order valence-electron chi connectivity index (χ1n) is 5.11. The minimum absolute atomic E-state index is 0.242. The topological polar surface area (TPSA) is 12.0 Å². The van der Waals surface area contributed by atoms with Crippen molar-refractivity contribution < 1.29 is 4.39 Å². The third-order valence-corrected chi connectivity index (χ3v) is 2.92. The second-order valence-electron chi connectivity index (χ2n) is 3.69. The summed E-state index contributed by atoms with van der Waals surface area (Å²) >= 11 is 5.95. The Morgan fingerprint density at radius 1 is 1.27 bits per heavy atom. The second-order valence-corrected chi connectivity index (χ2v) is 4.10. The highest BCUT2D eigenvalue weighted by Gasteiger charge is 2.08. The fourth-order valence-electron chi connectivity index (χ4n) is 1.74. The Kier molecular flexibility index (Phi) is 3.39. The molecular formula is C12H13ClFN. The van der Waals surface area contributed by atoms with E-state index in [4.69, 9.17) is 11.6 Å². The van der Waals surface area contributed by atoms with E-state index in [1.807, 2.05) is 6.08 Å². The van der Waals surface area contributed by atoms with Crippen LogP contribution in [0, 0.1) is 5.82 Å². The number of piperidine rings is 1. The van der Waals surface area contributed by atoms with Gasteiger partial charge < -0.3 is 5.32 Å². The smallest absolute Gasteiger partial charge is 0.131 e.